The number of hydrogen-bond donors (Lipinski definition) is 1. The monoisotopic (exact) mass is 231 g/mol. The molecule has 0 saturated heterocycles. The Balaban J connectivity index is 1.84. The number of carbonyl (C=O) groups is 1. The molecule has 0 aromatic heterocycles. The Labute approximate surface area is 101 Å². The second-order valence-corrected chi connectivity index (χ2v) is 5.40. The smallest absolute Gasteiger partial charge is 0.309 e. The largest absolute Gasteiger partial charge is 0.481 e. The summed E-state index contributed by atoms with van der Waals surface area (Å²) in [7, 11) is 2.10. The molecule has 0 amide bonds. The van der Waals surface area contributed by atoms with Gasteiger partial charge in [0.25, 0.3) is 0 Å². The first-order valence-corrected chi connectivity index (χ1v) is 6.17. The highest BCUT2D eigenvalue weighted by atomic mass is 16.4. The second kappa shape index (κ2) is 3.49. The van der Waals surface area contributed by atoms with Gasteiger partial charge in [-0.1, -0.05) is 12.1 Å². The number of anilines is 1. The van der Waals surface area contributed by atoms with Gasteiger partial charge in [0, 0.05) is 19.3 Å². The van der Waals surface area contributed by atoms with Crippen LogP contribution in [0, 0.1) is 5.41 Å². The summed E-state index contributed by atoms with van der Waals surface area (Å²) in [5.41, 5.74) is 3.40. The van der Waals surface area contributed by atoms with E-state index in [2.05, 4.69) is 30.1 Å². The van der Waals surface area contributed by atoms with E-state index in [4.69, 9.17) is 0 Å². The highest BCUT2D eigenvalue weighted by molar-refractivity contribution is 5.78. The minimum absolute atomic E-state index is 0.446. The molecule has 0 atom stereocenters. The fraction of sp³-hybridized carbons (Fsp3) is 0.500. The van der Waals surface area contributed by atoms with Crippen molar-refractivity contribution >= 4 is 11.7 Å². The van der Waals surface area contributed by atoms with Crippen LogP contribution in [0.1, 0.15) is 24.0 Å². The summed E-state index contributed by atoms with van der Waals surface area (Å²) in [4.78, 5) is 13.4. The Morgan fingerprint density at radius 3 is 2.88 bits per heavy atom. The zero-order chi connectivity index (χ0) is 12.0. The van der Waals surface area contributed by atoms with E-state index in [0.717, 1.165) is 25.8 Å². The topological polar surface area (TPSA) is 40.5 Å². The van der Waals surface area contributed by atoms with Crippen LogP contribution in [0.3, 0.4) is 0 Å². The molecule has 1 aromatic rings. The summed E-state index contributed by atoms with van der Waals surface area (Å²) in [6, 6.07) is 6.42. The number of carboxylic acid groups (broad SMARTS) is 1. The normalized spacial score (nSPS) is 20.2. The van der Waals surface area contributed by atoms with Crippen molar-refractivity contribution in [3.63, 3.8) is 0 Å². The highest BCUT2D eigenvalue weighted by Gasteiger charge is 2.49. The third-order valence-corrected chi connectivity index (χ3v) is 4.12. The van der Waals surface area contributed by atoms with Gasteiger partial charge >= 0.3 is 5.97 Å². The first-order chi connectivity index (χ1) is 8.11. The number of likely N-dealkylation sites (N-methyl/N-ethyl adjacent to an activating group) is 1. The fourth-order valence-corrected chi connectivity index (χ4v) is 2.74. The molecule has 1 N–H and O–H groups in total. The molecule has 1 aliphatic heterocycles. The van der Waals surface area contributed by atoms with Crippen LogP contribution in [-0.2, 0) is 17.6 Å². The average Bonchev–Trinajstić information content (AvgIpc) is 2.99. The molecule has 1 heterocycles. The van der Waals surface area contributed by atoms with E-state index in [1.165, 1.54) is 16.8 Å². The van der Waals surface area contributed by atoms with Crippen molar-refractivity contribution in [2.45, 2.75) is 25.7 Å². The van der Waals surface area contributed by atoms with Crippen molar-refractivity contribution in [2.75, 3.05) is 18.5 Å². The maximum atomic E-state index is 11.2. The molecule has 0 spiro atoms. The fourth-order valence-electron chi connectivity index (χ4n) is 2.74. The van der Waals surface area contributed by atoms with Crippen LogP contribution in [0.2, 0.25) is 0 Å². The Kier molecular flexibility index (Phi) is 2.18. The number of benzene rings is 1. The summed E-state index contributed by atoms with van der Waals surface area (Å²) >= 11 is 0. The Hall–Kier alpha value is -1.51. The zero-order valence-electron chi connectivity index (χ0n) is 10.1. The van der Waals surface area contributed by atoms with E-state index in [9.17, 15) is 9.90 Å². The molecule has 1 aromatic carbocycles. The van der Waals surface area contributed by atoms with Gasteiger partial charge in [-0.05, 0) is 42.9 Å². The third-order valence-electron chi connectivity index (χ3n) is 4.12. The van der Waals surface area contributed by atoms with E-state index in [1.54, 1.807) is 0 Å². The lowest BCUT2D eigenvalue weighted by molar-refractivity contribution is -0.143. The molecule has 0 bridgehead atoms. The van der Waals surface area contributed by atoms with E-state index in [0.29, 0.717) is 6.42 Å². The van der Waals surface area contributed by atoms with Crippen molar-refractivity contribution < 1.29 is 9.90 Å². The van der Waals surface area contributed by atoms with Gasteiger partial charge in [0.1, 0.15) is 0 Å². The van der Waals surface area contributed by atoms with Crippen LogP contribution in [0.25, 0.3) is 0 Å². The van der Waals surface area contributed by atoms with E-state index in [-0.39, 0.29) is 0 Å². The quantitative estimate of drug-likeness (QED) is 0.866. The van der Waals surface area contributed by atoms with Gasteiger partial charge < -0.3 is 10.0 Å². The Morgan fingerprint density at radius 2 is 2.24 bits per heavy atom. The summed E-state index contributed by atoms with van der Waals surface area (Å²) in [5, 5.41) is 9.19. The molecule has 3 heteroatoms. The van der Waals surface area contributed by atoms with Crippen molar-refractivity contribution in [3.05, 3.63) is 29.3 Å². The number of rotatable bonds is 3. The predicted molar refractivity (Wildman–Crippen MR) is 66.4 cm³/mol. The first-order valence-electron chi connectivity index (χ1n) is 6.17. The lowest BCUT2D eigenvalue weighted by Crippen LogP contribution is -2.17. The molecule has 0 unspecified atom stereocenters. The Bertz CT molecular complexity index is 477. The van der Waals surface area contributed by atoms with Crippen molar-refractivity contribution in [3.8, 4) is 0 Å². The molecule has 3 rings (SSSR count). The predicted octanol–water partition coefficient (Wildman–Crippen LogP) is 2.09. The maximum absolute atomic E-state index is 11.2. The first kappa shape index (κ1) is 10.6. The molecule has 17 heavy (non-hydrogen) atoms. The van der Waals surface area contributed by atoms with Gasteiger partial charge in [-0.25, -0.2) is 0 Å². The van der Waals surface area contributed by atoms with Crippen molar-refractivity contribution in [2.24, 2.45) is 5.41 Å². The van der Waals surface area contributed by atoms with Crippen molar-refractivity contribution in [1.82, 2.24) is 0 Å². The van der Waals surface area contributed by atoms with Crippen LogP contribution >= 0.6 is 0 Å². The van der Waals surface area contributed by atoms with Crippen molar-refractivity contribution in [1.29, 1.82) is 0 Å². The molecular formula is C14H17NO2. The maximum Gasteiger partial charge on any atom is 0.309 e. The van der Waals surface area contributed by atoms with Crippen LogP contribution in [0.4, 0.5) is 5.69 Å². The summed E-state index contributed by atoms with van der Waals surface area (Å²) in [6.45, 7) is 1.07. The summed E-state index contributed by atoms with van der Waals surface area (Å²) in [5.74, 6) is -0.630. The number of fused-ring (bicyclic) bond motifs is 1. The highest BCUT2D eigenvalue weighted by Crippen LogP contribution is 2.48. The summed E-state index contributed by atoms with van der Waals surface area (Å²) in [6.07, 6.45) is 3.44. The minimum Gasteiger partial charge on any atom is -0.481 e. The average molecular weight is 231 g/mol. The molecular weight excluding hydrogens is 214 g/mol. The number of hydrogen-bond acceptors (Lipinski definition) is 2. The SMILES string of the molecule is CN1CCc2cc(CC3(C(=O)O)CC3)ccc21. The van der Waals surface area contributed by atoms with Crippen LogP contribution in [0.5, 0.6) is 0 Å². The van der Waals surface area contributed by atoms with Gasteiger partial charge in [-0.2, -0.15) is 0 Å². The molecule has 3 nitrogen and oxygen atoms in total. The van der Waals surface area contributed by atoms with Gasteiger partial charge in [-0.15, -0.1) is 0 Å². The van der Waals surface area contributed by atoms with Crippen LogP contribution in [0.15, 0.2) is 18.2 Å². The van der Waals surface area contributed by atoms with E-state index in [1.807, 2.05) is 0 Å². The number of carboxylic acids is 1. The molecule has 2 aliphatic rings. The molecule has 1 fully saturated rings. The lowest BCUT2D eigenvalue weighted by Gasteiger charge is -2.14. The van der Waals surface area contributed by atoms with Crippen LogP contribution in [-0.4, -0.2) is 24.7 Å². The minimum atomic E-state index is -0.630. The molecule has 1 saturated carbocycles. The van der Waals surface area contributed by atoms with Gasteiger partial charge in [0.2, 0.25) is 0 Å². The van der Waals surface area contributed by atoms with E-state index >= 15 is 0 Å². The Morgan fingerprint density at radius 1 is 1.47 bits per heavy atom. The zero-order valence-corrected chi connectivity index (χ0v) is 10.1. The standard InChI is InChI=1S/C14H17NO2/c1-15-7-4-11-8-10(2-3-12(11)15)9-14(5-6-14)13(16)17/h2-3,8H,4-7,9H2,1H3,(H,16,17). The summed E-state index contributed by atoms with van der Waals surface area (Å²) < 4.78 is 0. The van der Waals surface area contributed by atoms with Gasteiger partial charge in [0.05, 0.1) is 5.41 Å². The van der Waals surface area contributed by atoms with E-state index < -0.39 is 11.4 Å². The van der Waals surface area contributed by atoms with Gasteiger partial charge in [-0.3, -0.25) is 4.79 Å². The lowest BCUT2D eigenvalue weighted by atomic mass is 9.95. The van der Waals surface area contributed by atoms with Crippen LogP contribution < -0.4 is 4.90 Å². The molecule has 0 radical (unpaired) electrons. The third kappa shape index (κ3) is 1.70. The molecule has 1 aliphatic carbocycles. The van der Waals surface area contributed by atoms with Gasteiger partial charge in [0.15, 0.2) is 0 Å². The molecule has 90 valence electrons. The number of nitrogens with zero attached hydrogens (tertiary/aromatic N) is 1. The second-order valence-electron chi connectivity index (χ2n) is 5.40. The number of aliphatic carboxylic acids is 1.